The molecule has 1 aromatic rings. The van der Waals surface area contributed by atoms with Crippen LogP contribution in [0.25, 0.3) is 0 Å². The molecule has 1 unspecified atom stereocenters. The van der Waals surface area contributed by atoms with E-state index in [0.29, 0.717) is 11.9 Å². The molecule has 0 aromatic carbocycles. The summed E-state index contributed by atoms with van der Waals surface area (Å²) < 4.78 is 0. The zero-order valence-corrected chi connectivity index (χ0v) is 9.82. The van der Waals surface area contributed by atoms with Crippen molar-refractivity contribution < 1.29 is 0 Å². The van der Waals surface area contributed by atoms with E-state index in [1.807, 2.05) is 0 Å². The van der Waals surface area contributed by atoms with E-state index >= 15 is 0 Å². The molecule has 1 aliphatic carbocycles. The lowest BCUT2D eigenvalue weighted by molar-refractivity contribution is 0.328. The normalized spacial score (nSPS) is 19.3. The summed E-state index contributed by atoms with van der Waals surface area (Å²) in [5, 5.41) is 3.40. The van der Waals surface area contributed by atoms with Gasteiger partial charge in [-0.2, -0.15) is 0 Å². The molecule has 0 bridgehead atoms. The molecule has 1 aliphatic rings. The second-order valence-corrected chi connectivity index (χ2v) is 4.66. The molecule has 4 nitrogen and oxygen atoms in total. The Labute approximate surface area is 96.7 Å². The summed E-state index contributed by atoms with van der Waals surface area (Å²) in [5.41, 5.74) is 5.60. The summed E-state index contributed by atoms with van der Waals surface area (Å²) in [7, 11) is 0. The number of nitrogen functional groups attached to an aromatic ring is 1. The smallest absolute Gasteiger partial charge is 0.147 e. The van der Waals surface area contributed by atoms with Gasteiger partial charge in [0.2, 0.25) is 0 Å². The summed E-state index contributed by atoms with van der Waals surface area (Å²) in [6, 6.07) is 0.455. The summed E-state index contributed by atoms with van der Waals surface area (Å²) in [6.07, 6.45) is 10.1. The Balaban J connectivity index is 1.93. The molecular weight excluding hydrogens is 200 g/mol. The SMILES string of the molecule is CC(Nc1cncc(N)n1)C1CCCCC1. The number of aromatic nitrogens is 2. The zero-order chi connectivity index (χ0) is 11.4. The van der Waals surface area contributed by atoms with Gasteiger partial charge in [-0.05, 0) is 25.7 Å². The molecule has 1 heterocycles. The summed E-state index contributed by atoms with van der Waals surface area (Å²) >= 11 is 0. The Bertz CT molecular complexity index is 334. The van der Waals surface area contributed by atoms with Crippen LogP contribution in [0.2, 0.25) is 0 Å². The maximum absolute atomic E-state index is 5.60. The molecule has 2 rings (SSSR count). The molecule has 0 aliphatic heterocycles. The minimum atomic E-state index is 0.455. The maximum atomic E-state index is 5.60. The minimum Gasteiger partial charge on any atom is -0.382 e. The fourth-order valence-electron chi connectivity index (χ4n) is 2.44. The highest BCUT2D eigenvalue weighted by molar-refractivity contribution is 5.39. The monoisotopic (exact) mass is 220 g/mol. The van der Waals surface area contributed by atoms with Crippen molar-refractivity contribution in [1.29, 1.82) is 0 Å². The van der Waals surface area contributed by atoms with Crippen molar-refractivity contribution in [2.45, 2.75) is 45.1 Å². The van der Waals surface area contributed by atoms with Gasteiger partial charge in [0.15, 0.2) is 0 Å². The summed E-state index contributed by atoms with van der Waals surface area (Å²) in [5.74, 6) is 2.02. The van der Waals surface area contributed by atoms with E-state index in [0.717, 1.165) is 11.7 Å². The van der Waals surface area contributed by atoms with Crippen molar-refractivity contribution in [3.63, 3.8) is 0 Å². The van der Waals surface area contributed by atoms with E-state index in [2.05, 4.69) is 22.2 Å². The number of hydrogen-bond donors (Lipinski definition) is 2. The van der Waals surface area contributed by atoms with Crippen LogP contribution in [-0.4, -0.2) is 16.0 Å². The highest BCUT2D eigenvalue weighted by Crippen LogP contribution is 2.27. The first kappa shape index (κ1) is 11.2. The molecule has 1 atom stereocenters. The second kappa shape index (κ2) is 5.14. The zero-order valence-electron chi connectivity index (χ0n) is 9.82. The van der Waals surface area contributed by atoms with E-state index in [4.69, 9.17) is 5.73 Å². The number of anilines is 2. The summed E-state index contributed by atoms with van der Waals surface area (Å²) in [6.45, 7) is 2.22. The predicted molar refractivity (Wildman–Crippen MR) is 66.1 cm³/mol. The molecule has 0 radical (unpaired) electrons. The van der Waals surface area contributed by atoms with Crippen molar-refractivity contribution in [2.24, 2.45) is 5.92 Å². The molecule has 88 valence electrons. The van der Waals surface area contributed by atoms with Gasteiger partial charge in [-0.1, -0.05) is 19.3 Å². The number of hydrogen-bond acceptors (Lipinski definition) is 4. The molecule has 3 N–H and O–H groups in total. The van der Waals surface area contributed by atoms with E-state index < -0.39 is 0 Å². The van der Waals surface area contributed by atoms with Gasteiger partial charge in [0, 0.05) is 6.04 Å². The van der Waals surface area contributed by atoms with Crippen molar-refractivity contribution >= 4 is 11.6 Å². The Hall–Kier alpha value is -1.32. The molecule has 1 aromatic heterocycles. The van der Waals surface area contributed by atoms with Gasteiger partial charge in [-0.15, -0.1) is 0 Å². The number of nitrogens with zero attached hydrogens (tertiary/aromatic N) is 2. The van der Waals surface area contributed by atoms with E-state index in [1.165, 1.54) is 32.1 Å². The molecular formula is C12H20N4. The Kier molecular flexibility index (Phi) is 3.59. The van der Waals surface area contributed by atoms with Crippen LogP contribution in [0.15, 0.2) is 12.4 Å². The first-order valence-corrected chi connectivity index (χ1v) is 6.10. The fourth-order valence-corrected chi connectivity index (χ4v) is 2.44. The number of rotatable bonds is 3. The first-order chi connectivity index (χ1) is 7.75. The predicted octanol–water partition coefficient (Wildman–Crippen LogP) is 2.44. The third kappa shape index (κ3) is 2.84. The molecule has 0 amide bonds. The standard InChI is InChI=1S/C12H20N4/c1-9(10-5-3-2-4-6-10)15-12-8-14-7-11(13)16-12/h7-10H,2-6H2,1H3,(H3,13,15,16). The molecule has 0 saturated heterocycles. The second-order valence-electron chi connectivity index (χ2n) is 4.66. The van der Waals surface area contributed by atoms with Crippen LogP contribution in [0.5, 0.6) is 0 Å². The van der Waals surface area contributed by atoms with Gasteiger partial charge < -0.3 is 11.1 Å². The molecule has 1 fully saturated rings. The molecule has 4 heteroatoms. The maximum Gasteiger partial charge on any atom is 0.147 e. The van der Waals surface area contributed by atoms with Crippen molar-refractivity contribution in [3.8, 4) is 0 Å². The van der Waals surface area contributed by atoms with Gasteiger partial charge in [0.1, 0.15) is 11.6 Å². The average molecular weight is 220 g/mol. The lowest BCUT2D eigenvalue weighted by Crippen LogP contribution is -2.28. The van der Waals surface area contributed by atoms with Gasteiger partial charge in [-0.25, -0.2) is 4.98 Å². The van der Waals surface area contributed by atoms with Crippen LogP contribution in [0.1, 0.15) is 39.0 Å². The summed E-state index contributed by atoms with van der Waals surface area (Å²) in [4.78, 5) is 8.24. The lowest BCUT2D eigenvalue weighted by Gasteiger charge is -2.28. The van der Waals surface area contributed by atoms with Crippen molar-refractivity contribution in [3.05, 3.63) is 12.4 Å². The highest BCUT2D eigenvalue weighted by Gasteiger charge is 2.20. The molecule has 1 saturated carbocycles. The van der Waals surface area contributed by atoms with Gasteiger partial charge in [0.25, 0.3) is 0 Å². The van der Waals surface area contributed by atoms with Crippen molar-refractivity contribution in [2.75, 3.05) is 11.1 Å². The van der Waals surface area contributed by atoms with Crippen LogP contribution in [0, 0.1) is 5.92 Å². The highest BCUT2D eigenvalue weighted by atomic mass is 15.1. The first-order valence-electron chi connectivity index (χ1n) is 6.10. The fraction of sp³-hybridized carbons (Fsp3) is 0.667. The lowest BCUT2D eigenvalue weighted by atomic mass is 9.84. The Morgan fingerprint density at radius 3 is 2.75 bits per heavy atom. The van der Waals surface area contributed by atoms with Crippen molar-refractivity contribution in [1.82, 2.24) is 9.97 Å². The molecule has 0 spiro atoms. The quantitative estimate of drug-likeness (QED) is 0.821. The number of nitrogens with two attached hydrogens (primary N) is 1. The van der Waals surface area contributed by atoms with E-state index in [-0.39, 0.29) is 0 Å². The third-order valence-corrected chi connectivity index (χ3v) is 3.39. The van der Waals surface area contributed by atoms with E-state index in [1.54, 1.807) is 12.4 Å². The van der Waals surface area contributed by atoms with Crippen LogP contribution in [-0.2, 0) is 0 Å². The Morgan fingerprint density at radius 2 is 2.06 bits per heavy atom. The van der Waals surface area contributed by atoms with Crippen LogP contribution in [0.4, 0.5) is 11.6 Å². The van der Waals surface area contributed by atoms with Gasteiger partial charge >= 0.3 is 0 Å². The van der Waals surface area contributed by atoms with Gasteiger partial charge in [0.05, 0.1) is 12.4 Å². The van der Waals surface area contributed by atoms with Gasteiger partial charge in [-0.3, -0.25) is 4.98 Å². The average Bonchev–Trinajstić information content (AvgIpc) is 2.30. The number of nitrogens with one attached hydrogen (secondary N) is 1. The van der Waals surface area contributed by atoms with Crippen LogP contribution >= 0.6 is 0 Å². The molecule has 16 heavy (non-hydrogen) atoms. The van der Waals surface area contributed by atoms with E-state index in [9.17, 15) is 0 Å². The third-order valence-electron chi connectivity index (χ3n) is 3.39. The minimum absolute atomic E-state index is 0.455. The largest absolute Gasteiger partial charge is 0.382 e. The van der Waals surface area contributed by atoms with Crippen LogP contribution in [0.3, 0.4) is 0 Å². The Morgan fingerprint density at radius 1 is 1.31 bits per heavy atom. The van der Waals surface area contributed by atoms with Crippen LogP contribution < -0.4 is 11.1 Å². The topological polar surface area (TPSA) is 63.8 Å².